The quantitative estimate of drug-likeness (QED) is 0.811. The number of hydrogen-bond donors (Lipinski definition) is 2. The monoisotopic (exact) mass is 371 g/mol. The molecule has 3 rings (SSSR count). The van der Waals surface area contributed by atoms with Crippen molar-refractivity contribution in [1.29, 1.82) is 0 Å². The van der Waals surface area contributed by atoms with Gasteiger partial charge in [0.25, 0.3) is 0 Å². The fourth-order valence-corrected chi connectivity index (χ4v) is 2.66. The highest BCUT2D eigenvalue weighted by molar-refractivity contribution is 5.99. The Morgan fingerprint density at radius 3 is 2.78 bits per heavy atom. The summed E-state index contributed by atoms with van der Waals surface area (Å²) in [6.07, 6.45) is 0.869. The summed E-state index contributed by atoms with van der Waals surface area (Å²) >= 11 is 0. The zero-order valence-corrected chi connectivity index (χ0v) is 15.7. The number of benzene rings is 1. The molecule has 2 heterocycles. The molecule has 1 aromatic carbocycles. The molecule has 0 bridgehead atoms. The van der Waals surface area contributed by atoms with Crippen LogP contribution in [-0.2, 0) is 4.74 Å². The van der Waals surface area contributed by atoms with E-state index in [1.807, 2.05) is 43.0 Å². The van der Waals surface area contributed by atoms with Crippen molar-refractivity contribution in [2.75, 3.05) is 48.4 Å². The molecule has 0 radical (unpaired) electrons. The number of nitrogens with one attached hydrogen (secondary N) is 2. The van der Waals surface area contributed by atoms with Gasteiger partial charge in [0.1, 0.15) is 5.82 Å². The third-order valence-electron chi connectivity index (χ3n) is 3.96. The molecule has 0 aliphatic carbocycles. The highest BCUT2D eigenvalue weighted by atomic mass is 16.5. The first kappa shape index (κ1) is 18.9. The van der Waals surface area contributed by atoms with Crippen LogP contribution < -0.4 is 20.3 Å². The molecule has 0 atom stereocenters. The van der Waals surface area contributed by atoms with Crippen molar-refractivity contribution < 1.29 is 14.3 Å². The predicted octanol–water partition coefficient (Wildman–Crippen LogP) is 3.05. The molecule has 0 unspecified atom stereocenters. The Morgan fingerprint density at radius 2 is 2.04 bits per heavy atom. The summed E-state index contributed by atoms with van der Waals surface area (Å²) in [6.45, 7) is 7.20. The molecule has 1 fully saturated rings. The van der Waals surface area contributed by atoms with Crippen LogP contribution in [0.1, 0.15) is 18.9 Å². The zero-order valence-electron chi connectivity index (χ0n) is 15.7. The van der Waals surface area contributed by atoms with Gasteiger partial charge in [0.05, 0.1) is 19.8 Å². The SMILES string of the molecule is CCCOc1cc(NC(=O)Nc2cccc(C)c2)nc(N2CCOCC2)n1. The summed E-state index contributed by atoms with van der Waals surface area (Å²) in [4.78, 5) is 23.3. The molecule has 0 spiro atoms. The van der Waals surface area contributed by atoms with E-state index in [4.69, 9.17) is 9.47 Å². The normalized spacial score (nSPS) is 13.9. The van der Waals surface area contributed by atoms with Crippen LogP contribution in [0.3, 0.4) is 0 Å². The van der Waals surface area contributed by atoms with Gasteiger partial charge in [0, 0.05) is 24.8 Å². The maximum absolute atomic E-state index is 12.3. The number of urea groups is 1. The molecule has 8 heteroatoms. The van der Waals surface area contributed by atoms with E-state index in [0.29, 0.717) is 50.6 Å². The fourth-order valence-electron chi connectivity index (χ4n) is 2.66. The van der Waals surface area contributed by atoms with E-state index in [2.05, 4.69) is 20.6 Å². The van der Waals surface area contributed by atoms with Gasteiger partial charge in [-0.1, -0.05) is 19.1 Å². The Labute approximate surface area is 158 Å². The van der Waals surface area contributed by atoms with Crippen LogP contribution in [0.25, 0.3) is 0 Å². The molecule has 2 aromatic rings. The third-order valence-corrected chi connectivity index (χ3v) is 3.96. The van der Waals surface area contributed by atoms with E-state index < -0.39 is 0 Å². The smallest absolute Gasteiger partial charge is 0.324 e. The summed E-state index contributed by atoms with van der Waals surface area (Å²) in [6, 6.07) is 8.86. The van der Waals surface area contributed by atoms with E-state index in [9.17, 15) is 4.79 Å². The van der Waals surface area contributed by atoms with Crippen molar-refractivity contribution in [3.05, 3.63) is 35.9 Å². The molecular formula is C19H25N5O3. The van der Waals surface area contributed by atoms with Crippen LogP contribution in [0, 0.1) is 6.92 Å². The number of amides is 2. The Balaban J connectivity index is 1.74. The Morgan fingerprint density at radius 1 is 1.22 bits per heavy atom. The predicted molar refractivity (Wildman–Crippen MR) is 105 cm³/mol. The summed E-state index contributed by atoms with van der Waals surface area (Å²) in [5.74, 6) is 1.36. The average Bonchev–Trinajstić information content (AvgIpc) is 2.67. The number of rotatable bonds is 6. The minimum absolute atomic E-state index is 0.367. The number of morpholine rings is 1. The number of anilines is 3. The van der Waals surface area contributed by atoms with Gasteiger partial charge in [-0.15, -0.1) is 0 Å². The number of hydrogen-bond acceptors (Lipinski definition) is 6. The fraction of sp³-hybridized carbons (Fsp3) is 0.421. The number of carbonyl (C=O) groups is 1. The summed E-state index contributed by atoms with van der Waals surface area (Å²) < 4.78 is 11.0. The van der Waals surface area contributed by atoms with Crippen molar-refractivity contribution in [2.45, 2.75) is 20.3 Å². The molecule has 1 aliphatic heterocycles. The molecule has 144 valence electrons. The van der Waals surface area contributed by atoms with Crippen LogP contribution >= 0.6 is 0 Å². The topological polar surface area (TPSA) is 88.6 Å². The van der Waals surface area contributed by atoms with Crippen molar-refractivity contribution in [3.63, 3.8) is 0 Å². The van der Waals surface area contributed by atoms with Crippen molar-refractivity contribution in [3.8, 4) is 5.88 Å². The lowest BCUT2D eigenvalue weighted by atomic mass is 10.2. The number of carbonyl (C=O) groups excluding carboxylic acids is 1. The van der Waals surface area contributed by atoms with Crippen LogP contribution in [0.4, 0.5) is 22.2 Å². The lowest BCUT2D eigenvalue weighted by Gasteiger charge is -2.27. The molecule has 2 N–H and O–H groups in total. The second kappa shape index (κ2) is 9.18. The largest absolute Gasteiger partial charge is 0.477 e. The number of aromatic nitrogens is 2. The molecule has 8 nitrogen and oxygen atoms in total. The standard InChI is InChI=1S/C19H25N5O3/c1-3-9-27-17-13-16(21-18(23-17)24-7-10-26-11-8-24)22-19(25)20-15-6-4-5-14(2)12-15/h4-6,12-13H,3,7-11H2,1-2H3,(H2,20,21,22,23,25). The first-order valence-corrected chi connectivity index (χ1v) is 9.13. The molecule has 1 aliphatic rings. The van der Waals surface area contributed by atoms with Gasteiger partial charge >= 0.3 is 6.03 Å². The van der Waals surface area contributed by atoms with E-state index in [0.717, 1.165) is 17.7 Å². The Kier molecular flexibility index (Phi) is 6.43. The third kappa shape index (κ3) is 5.55. The number of aryl methyl sites for hydroxylation is 1. The Hall–Kier alpha value is -2.87. The maximum atomic E-state index is 12.3. The molecule has 27 heavy (non-hydrogen) atoms. The van der Waals surface area contributed by atoms with Crippen molar-refractivity contribution in [1.82, 2.24) is 9.97 Å². The van der Waals surface area contributed by atoms with Gasteiger partial charge in [0.2, 0.25) is 11.8 Å². The van der Waals surface area contributed by atoms with Crippen molar-refractivity contribution >= 4 is 23.5 Å². The minimum Gasteiger partial charge on any atom is -0.477 e. The van der Waals surface area contributed by atoms with Gasteiger partial charge in [0.15, 0.2) is 0 Å². The van der Waals surface area contributed by atoms with E-state index in [1.165, 1.54) is 0 Å². The molecule has 1 aromatic heterocycles. The van der Waals surface area contributed by atoms with Gasteiger partial charge in [-0.25, -0.2) is 4.79 Å². The second-order valence-corrected chi connectivity index (χ2v) is 6.29. The molecule has 1 saturated heterocycles. The number of nitrogens with zero attached hydrogens (tertiary/aromatic N) is 3. The Bertz CT molecular complexity index is 778. The molecule has 0 saturated carbocycles. The van der Waals surface area contributed by atoms with Gasteiger partial charge < -0.3 is 19.7 Å². The van der Waals surface area contributed by atoms with Crippen LogP contribution in [0.5, 0.6) is 5.88 Å². The summed E-state index contributed by atoms with van der Waals surface area (Å²) in [5, 5.41) is 5.58. The van der Waals surface area contributed by atoms with Crippen LogP contribution in [0.2, 0.25) is 0 Å². The first-order valence-electron chi connectivity index (χ1n) is 9.13. The van der Waals surface area contributed by atoms with Gasteiger partial charge in [-0.05, 0) is 31.0 Å². The first-order chi connectivity index (χ1) is 13.1. The van der Waals surface area contributed by atoms with E-state index in [-0.39, 0.29) is 6.03 Å². The second-order valence-electron chi connectivity index (χ2n) is 6.29. The lowest BCUT2D eigenvalue weighted by molar-refractivity contribution is 0.122. The lowest BCUT2D eigenvalue weighted by Crippen LogP contribution is -2.37. The maximum Gasteiger partial charge on any atom is 0.324 e. The average molecular weight is 371 g/mol. The van der Waals surface area contributed by atoms with Crippen LogP contribution in [-0.4, -0.2) is 48.9 Å². The summed E-state index contributed by atoms with van der Waals surface area (Å²) in [5.41, 5.74) is 1.79. The zero-order chi connectivity index (χ0) is 19.1. The van der Waals surface area contributed by atoms with Gasteiger partial charge in [-0.2, -0.15) is 9.97 Å². The van der Waals surface area contributed by atoms with E-state index >= 15 is 0 Å². The molecule has 2 amide bonds. The van der Waals surface area contributed by atoms with E-state index in [1.54, 1.807) is 6.07 Å². The minimum atomic E-state index is -0.367. The van der Waals surface area contributed by atoms with Crippen molar-refractivity contribution in [2.24, 2.45) is 0 Å². The summed E-state index contributed by atoms with van der Waals surface area (Å²) in [7, 11) is 0. The van der Waals surface area contributed by atoms with Crippen LogP contribution in [0.15, 0.2) is 30.3 Å². The highest BCUT2D eigenvalue weighted by Crippen LogP contribution is 2.20. The highest BCUT2D eigenvalue weighted by Gasteiger charge is 2.17. The number of ether oxygens (including phenoxy) is 2. The molecular weight excluding hydrogens is 346 g/mol. The van der Waals surface area contributed by atoms with Gasteiger partial charge in [-0.3, -0.25) is 5.32 Å².